The molecule has 20 heavy (non-hydrogen) atoms. The van der Waals surface area contributed by atoms with Gasteiger partial charge < -0.3 is 10.1 Å². The van der Waals surface area contributed by atoms with Gasteiger partial charge in [0.1, 0.15) is 5.82 Å². The van der Waals surface area contributed by atoms with Crippen LogP contribution in [0, 0.1) is 5.92 Å². The van der Waals surface area contributed by atoms with Gasteiger partial charge in [-0.15, -0.1) is 0 Å². The Morgan fingerprint density at radius 3 is 3.05 bits per heavy atom. The van der Waals surface area contributed by atoms with Crippen LogP contribution in [-0.4, -0.2) is 35.8 Å². The van der Waals surface area contributed by atoms with E-state index in [-0.39, 0.29) is 0 Å². The van der Waals surface area contributed by atoms with Crippen LogP contribution in [0.5, 0.6) is 0 Å². The summed E-state index contributed by atoms with van der Waals surface area (Å²) < 4.78 is 5.36. The van der Waals surface area contributed by atoms with E-state index in [4.69, 9.17) is 9.72 Å². The number of ether oxygens (including phenoxy) is 1. The van der Waals surface area contributed by atoms with E-state index in [1.165, 1.54) is 17.7 Å². The molecule has 4 nitrogen and oxygen atoms in total. The van der Waals surface area contributed by atoms with Crippen molar-refractivity contribution < 1.29 is 4.74 Å². The zero-order chi connectivity index (χ0) is 14.4. The average Bonchev–Trinajstić information content (AvgIpc) is 2.45. The van der Waals surface area contributed by atoms with Gasteiger partial charge in [0.25, 0.3) is 0 Å². The van der Waals surface area contributed by atoms with Crippen molar-refractivity contribution in [2.45, 2.75) is 52.5 Å². The monoisotopic (exact) mass is 277 g/mol. The summed E-state index contributed by atoms with van der Waals surface area (Å²) in [5.41, 5.74) is 2.60. The number of fused-ring (bicyclic) bond motifs is 1. The fraction of sp³-hybridized carbons (Fsp3) is 0.750. The minimum Gasteiger partial charge on any atom is -0.381 e. The molecule has 0 fully saturated rings. The third kappa shape index (κ3) is 4.53. The first-order chi connectivity index (χ1) is 9.69. The predicted octanol–water partition coefficient (Wildman–Crippen LogP) is 2.16. The van der Waals surface area contributed by atoms with Gasteiger partial charge >= 0.3 is 0 Å². The van der Waals surface area contributed by atoms with Crippen LogP contribution in [0.4, 0.5) is 0 Å². The van der Waals surface area contributed by atoms with Crippen molar-refractivity contribution in [1.82, 2.24) is 15.3 Å². The van der Waals surface area contributed by atoms with Crippen LogP contribution in [0.15, 0.2) is 6.20 Å². The van der Waals surface area contributed by atoms with Crippen molar-refractivity contribution >= 4 is 0 Å². The lowest BCUT2D eigenvalue weighted by molar-refractivity contribution is 0.149. The van der Waals surface area contributed by atoms with Gasteiger partial charge in [0, 0.05) is 31.0 Å². The highest BCUT2D eigenvalue weighted by Crippen LogP contribution is 2.23. The third-order valence-corrected chi connectivity index (χ3v) is 3.79. The molecular formula is C16H27N3O. The molecule has 2 rings (SSSR count). The molecule has 1 heterocycles. The number of nitrogens with zero attached hydrogens (tertiary/aromatic N) is 2. The van der Waals surface area contributed by atoms with Crippen LogP contribution in [-0.2, 0) is 24.0 Å². The molecule has 0 amide bonds. The van der Waals surface area contributed by atoms with E-state index in [0.29, 0.717) is 6.04 Å². The zero-order valence-corrected chi connectivity index (χ0v) is 13.0. The Kier molecular flexibility index (Phi) is 5.92. The summed E-state index contributed by atoms with van der Waals surface area (Å²) in [7, 11) is 0. The summed E-state index contributed by atoms with van der Waals surface area (Å²) in [5.74, 6) is 1.65. The number of rotatable bonds is 7. The zero-order valence-electron chi connectivity index (χ0n) is 13.0. The van der Waals surface area contributed by atoms with Gasteiger partial charge in [0.15, 0.2) is 0 Å². The van der Waals surface area contributed by atoms with Gasteiger partial charge in [-0.1, -0.05) is 13.8 Å². The molecule has 0 aromatic carbocycles. The number of aryl methyl sites for hydroxylation is 1. The minimum atomic E-state index is 0.564. The second kappa shape index (κ2) is 7.70. The summed E-state index contributed by atoms with van der Waals surface area (Å²) in [4.78, 5) is 9.19. The van der Waals surface area contributed by atoms with E-state index in [2.05, 4.69) is 24.1 Å². The summed E-state index contributed by atoms with van der Waals surface area (Å²) in [5, 5.41) is 3.53. The minimum absolute atomic E-state index is 0.564. The lowest BCUT2D eigenvalue weighted by atomic mass is 9.87. The smallest absolute Gasteiger partial charge is 0.130 e. The van der Waals surface area contributed by atoms with Crippen molar-refractivity contribution in [2.75, 3.05) is 19.8 Å². The molecule has 1 aromatic heterocycles. The maximum atomic E-state index is 5.36. The van der Waals surface area contributed by atoms with Crippen LogP contribution >= 0.6 is 0 Å². The molecule has 1 atom stereocenters. The van der Waals surface area contributed by atoms with Crippen molar-refractivity contribution in [3.05, 3.63) is 23.3 Å². The van der Waals surface area contributed by atoms with Crippen molar-refractivity contribution in [3.8, 4) is 0 Å². The third-order valence-electron chi connectivity index (χ3n) is 3.79. The first-order valence-electron chi connectivity index (χ1n) is 7.83. The second-order valence-electron chi connectivity index (χ2n) is 5.88. The molecule has 0 bridgehead atoms. The number of hydrogen-bond donors (Lipinski definition) is 1. The lowest BCUT2D eigenvalue weighted by Gasteiger charge is -2.25. The molecule has 0 radical (unpaired) electrons. The lowest BCUT2D eigenvalue weighted by Crippen LogP contribution is -2.32. The van der Waals surface area contributed by atoms with Crippen molar-refractivity contribution in [1.29, 1.82) is 0 Å². The first-order valence-corrected chi connectivity index (χ1v) is 7.83. The quantitative estimate of drug-likeness (QED) is 0.776. The highest BCUT2D eigenvalue weighted by atomic mass is 16.5. The fourth-order valence-corrected chi connectivity index (χ4v) is 2.63. The maximum absolute atomic E-state index is 5.36. The second-order valence-corrected chi connectivity index (χ2v) is 5.88. The van der Waals surface area contributed by atoms with Crippen LogP contribution in [0.1, 0.15) is 44.3 Å². The first kappa shape index (κ1) is 15.4. The predicted molar refractivity (Wildman–Crippen MR) is 80.9 cm³/mol. The molecule has 0 saturated carbocycles. The molecule has 1 unspecified atom stereocenters. The Labute approximate surface area is 122 Å². The highest BCUT2D eigenvalue weighted by Gasteiger charge is 2.20. The van der Waals surface area contributed by atoms with E-state index in [0.717, 1.165) is 50.8 Å². The largest absolute Gasteiger partial charge is 0.381 e. The molecule has 0 saturated heterocycles. The number of nitrogens with one attached hydrogen (secondary N) is 1. The average molecular weight is 277 g/mol. The van der Waals surface area contributed by atoms with Gasteiger partial charge in [-0.3, -0.25) is 0 Å². The molecular weight excluding hydrogens is 250 g/mol. The van der Waals surface area contributed by atoms with Crippen LogP contribution in [0.25, 0.3) is 0 Å². The van der Waals surface area contributed by atoms with Crippen LogP contribution < -0.4 is 5.32 Å². The molecule has 1 aliphatic rings. The van der Waals surface area contributed by atoms with E-state index >= 15 is 0 Å². The highest BCUT2D eigenvalue weighted by molar-refractivity contribution is 5.21. The van der Waals surface area contributed by atoms with Gasteiger partial charge in [0.05, 0.1) is 6.61 Å². The van der Waals surface area contributed by atoms with Gasteiger partial charge in [-0.2, -0.15) is 0 Å². The Morgan fingerprint density at radius 2 is 2.30 bits per heavy atom. The topological polar surface area (TPSA) is 47.0 Å². The standard InChI is InChI=1S/C16H27N3O/c1-4-20-8-7-16-18-11-14-9-13(10-17-12(2)3)5-6-15(14)19-16/h11-13,17H,4-10H2,1-3H3. The molecule has 112 valence electrons. The molecule has 0 aliphatic heterocycles. The molecule has 4 heteroatoms. The summed E-state index contributed by atoms with van der Waals surface area (Å²) in [6.45, 7) is 8.99. The Bertz CT molecular complexity index is 420. The summed E-state index contributed by atoms with van der Waals surface area (Å²) >= 11 is 0. The molecule has 1 aromatic rings. The van der Waals surface area contributed by atoms with Crippen LogP contribution in [0.2, 0.25) is 0 Å². The van der Waals surface area contributed by atoms with E-state index in [1.54, 1.807) is 0 Å². The van der Waals surface area contributed by atoms with Crippen LogP contribution in [0.3, 0.4) is 0 Å². The van der Waals surface area contributed by atoms with Gasteiger partial charge in [0.2, 0.25) is 0 Å². The van der Waals surface area contributed by atoms with Crippen molar-refractivity contribution in [3.63, 3.8) is 0 Å². The Balaban J connectivity index is 1.90. The molecule has 0 spiro atoms. The SMILES string of the molecule is CCOCCc1ncc2c(n1)CCC(CNC(C)C)C2. The molecule has 1 aliphatic carbocycles. The van der Waals surface area contributed by atoms with E-state index in [9.17, 15) is 0 Å². The number of aromatic nitrogens is 2. The Hall–Kier alpha value is -1.00. The van der Waals surface area contributed by atoms with Gasteiger partial charge in [-0.25, -0.2) is 9.97 Å². The summed E-state index contributed by atoms with van der Waals surface area (Å²) in [6, 6.07) is 0.564. The number of hydrogen-bond acceptors (Lipinski definition) is 4. The normalized spacial score (nSPS) is 18.3. The summed E-state index contributed by atoms with van der Waals surface area (Å²) in [6.07, 6.45) is 6.28. The van der Waals surface area contributed by atoms with E-state index < -0.39 is 0 Å². The van der Waals surface area contributed by atoms with Gasteiger partial charge in [-0.05, 0) is 44.2 Å². The Morgan fingerprint density at radius 1 is 1.45 bits per heavy atom. The maximum Gasteiger partial charge on any atom is 0.130 e. The fourth-order valence-electron chi connectivity index (χ4n) is 2.63. The van der Waals surface area contributed by atoms with E-state index in [1.807, 2.05) is 13.1 Å². The molecule has 1 N–H and O–H groups in total. The van der Waals surface area contributed by atoms with Crippen molar-refractivity contribution in [2.24, 2.45) is 5.92 Å².